The number of sulfonamides is 1. The average molecular weight is 494 g/mol. The van der Waals surface area contributed by atoms with Crippen molar-refractivity contribution in [2.24, 2.45) is 0 Å². The van der Waals surface area contributed by atoms with Gasteiger partial charge in [0.1, 0.15) is 12.1 Å². The highest BCUT2D eigenvalue weighted by Gasteiger charge is 2.28. The molecule has 0 aliphatic carbocycles. The Bertz CT molecular complexity index is 1280. The van der Waals surface area contributed by atoms with Gasteiger partial charge < -0.3 is 14.9 Å². The first-order valence-electron chi connectivity index (χ1n) is 10.3. The summed E-state index contributed by atoms with van der Waals surface area (Å²) < 4.78 is 54.0. The van der Waals surface area contributed by atoms with Gasteiger partial charge in [0.2, 0.25) is 0 Å². The first-order chi connectivity index (χ1) is 16.2. The second-order valence-corrected chi connectivity index (χ2v) is 9.26. The van der Waals surface area contributed by atoms with E-state index in [2.05, 4.69) is 14.7 Å². The summed E-state index contributed by atoms with van der Waals surface area (Å²) in [5.41, 5.74) is 0.757. The third-order valence-electron chi connectivity index (χ3n) is 5.42. The highest BCUT2D eigenvalue weighted by atomic mass is 32.2. The number of halogens is 2. The van der Waals surface area contributed by atoms with Crippen molar-refractivity contribution < 1.29 is 30.0 Å². The lowest BCUT2D eigenvalue weighted by Crippen LogP contribution is -2.50. The van der Waals surface area contributed by atoms with Gasteiger partial charge in [-0.1, -0.05) is 6.07 Å². The molecule has 182 valence electrons. The molecule has 1 fully saturated rings. The predicted molar refractivity (Wildman–Crippen MR) is 124 cm³/mol. The molecule has 4 rings (SSSR count). The highest BCUT2D eigenvalue weighted by Crippen LogP contribution is 2.23. The van der Waals surface area contributed by atoms with E-state index >= 15 is 0 Å². The monoisotopic (exact) mass is 493 g/mol. The second-order valence-electron chi connectivity index (χ2n) is 7.58. The van der Waals surface area contributed by atoms with Gasteiger partial charge in [0.25, 0.3) is 15.9 Å². The molecule has 0 saturated carbocycles. The zero-order valence-electron chi connectivity index (χ0n) is 17.8. The molecule has 9 nitrogen and oxygen atoms in total. The minimum Gasteiger partial charge on any atom is -0.378 e. The van der Waals surface area contributed by atoms with Crippen LogP contribution in [0.2, 0.25) is 0 Å². The van der Waals surface area contributed by atoms with E-state index in [1.165, 1.54) is 41.7 Å². The van der Waals surface area contributed by atoms with Crippen LogP contribution in [-0.2, 0) is 14.8 Å². The first-order valence-corrected chi connectivity index (χ1v) is 11.8. The number of nitrogens with one attached hydrogen (secondary N) is 1. The van der Waals surface area contributed by atoms with Crippen LogP contribution in [0.1, 0.15) is 14.5 Å². The number of anilines is 2. The molecule has 1 unspecified atom stereocenters. The lowest BCUT2D eigenvalue weighted by molar-refractivity contribution is -0.140. The number of benzene rings is 2. The predicted octanol–water partition coefficient (Wildman–Crippen LogP) is 2.43. The van der Waals surface area contributed by atoms with Gasteiger partial charge in [0.15, 0.2) is 17.7 Å². The van der Waals surface area contributed by atoms with Crippen LogP contribution in [0.15, 0.2) is 66.0 Å². The van der Waals surface area contributed by atoms with Crippen LogP contribution in [0.4, 0.5) is 20.3 Å². The van der Waals surface area contributed by atoms with Crippen LogP contribution >= 0.6 is 0 Å². The number of hydrogen-bond acceptors (Lipinski definition) is 7. The smallest absolute Gasteiger partial charge is 0.263 e. The van der Waals surface area contributed by atoms with Crippen molar-refractivity contribution in [3.63, 3.8) is 0 Å². The van der Waals surface area contributed by atoms with E-state index in [-0.39, 0.29) is 19.1 Å². The molecule has 2 aromatic carbocycles. The highest BCUT2D eigenvalue weighted by molar-refractivity contribution is 7.92. The maximum atomic E-state index is 13.4. The van der Waals surface area contributed by atoms with Gasteiger partial charge in [-0.05, 0) is 48.0 Å². The summed E-state index contributed by atoms with van der Waals surface area (Å²) in [6.07, 6.45) is 1.07. The summed E-state index contributed by atoms with van der Waals surface area (Å²) >= 11 is 0. The quantitative estimate of drug-likeness (QED) is 0.542. The van der Waals surface area contributed by atoms with Gasteiger partial charge in [0.05, 0.1) is 4.90 Å². The average Bonchev–Trinajstić information content (AvgIpc) is 2.85. The fourth-order valence-corrected chi connectivity index (χ4v) is 4.58. The fraction of sp³-hybridized carbons (Fsp3) is 0.227. The van der Waals surface area contributed by atoms with Crippen molar-refractivity contribution in [3.05, 3.63) is 78.3 Å². The van der Waals surface area contributed by atoms with Crippen LogP contribution in [0.5, 0.6) is 0 Å². The summed E-state index contributed by atoms with van der Waals surface area (Å²) in [5, 5.41) is 10.3. The minimum atomic E-state index is -3.81. The van der Waals surface area contributed by atoms with E-state index in [4.69, 9.17) is 0 Å². The van der Waals surface area contributed by atoms with Gasteiger partial charge >= 0.3 is 0 Å². The number of hydrogen-bond donors (Lipinski definition) is 2. The molecule has 0 radical (unpaired) electrons. The molecule has 0 bridgehead atoms. The van der Waals surface area contributed by atoms with Crippen molar-refractivity contribution in [3.8, 4) is 0 Å². The molecule has 1 atom stereocenters. The molecular formula is C22H25F2N5O4S. The van der Waals surface area contributed by atoms with E-state index in [9.17, 15) is 27.1 Å². The van der Waals surface area contributed by atoms with Crippen LogP contribution in [0.3, 0.4) is 0 Å². The van der Waals surface area contributed by atoms with Crippen LogP contribution in [0, 0.1) is 11.6 Å². The molecule has 1 amide bonds. The van der Waals surface area contributed by atoms with Crippen molar-refractivity contribution in [1.29, 1.82) is 0 Å². The third-order valence-corrected chi connectivity index (χ3v) is 6.79. The lowest BCUT2D eigenvalue weighted by atomic mass is 10.1. The first kappa shape index (κ1) is 23.5. The number of nitrogens with zero attached hydrogens (tertiary/aromatic N) is 4. The Balaban J connectivity index is 0.00000228. The number of carbonyl (C=O) groups is 1. The normalized spacial score (nSPS) is 15.1. The summed E-state index contributed by atoms with van der Waals surface area (Å²) in [6.45, 7) is 1.49. The summed E-state index contributed by atoms with van der Waals surface area (Å²) in [6, 6.07) is 10.6. The van der Waals surface area contributed by atoms with Crippen molar-refractivity contribution in [2.45, 2.75) is 11.0 Å². The molecule has 2 N–H and O–H groups in total. The molecule has 0 spiro atoms. The fourth-order valence-electron chi connectivity index (χ4n) is 3.57. The molecule has 1 aliphatic heterocycles. The summed E-state index contributed by atoms with van der Waals surface area (Å²) in [4.78, 5) is 23.7. The van der Waals surface area contributed by atoms with Gasteiger partial charge in [-0.25, -0.2) is 27.2 Å². The SMILES string of the molecule is O=C(C(O)c1ccc(F)c(F)c1)N1CCN(c2ccc(S(=O)(=O)Nc3ccncn3)cc2)CC1.[HH].[HH]. The van der Waals surface area contributed by atoms with Gasteiger partial charge in [-0.15, -0.1) is 0 Å². The molecule has 2 heterocycles. The summed E-state index contributed by atoms with van der Waals surface area (Å²) in [5.74, 6) is -2.62. The van der Waals surface area contributed by atoms with Gasteiger partial charge in [0, 0.05) is 40.9 Å². The summed E-state index contributed by atoms with van der Waals surface area (Å²) in [7, 11) is -3.81. The Hall–Kier alpha value is -3.64. The van der Waals surface area contributed by atoms with Crippen LogP contribution in [0.25, 0.3) is 0 Å². The molecule has 1 aliphatic rings. The molecule has 3 aromatic rings. The molecule has 1 saturated heterocycles. The second kappa shape index (κ2) is 9.69. The van der Waals surface area contributed by atoms with Crippen molar-refractivity contribution in [2.75, 3.05) is 35.8 Å². The van der Waals surface area contributed by atoms with E-state index in [1.54, 1.807) is 12.1 Å². The number of rotatable bonds is 6. The Morgan fingerprint density at radius 2 is 1.74 bits per heavy atom. The molecule has 12 heteroatoms. The Kier molecular flexibility index (Phi) is 6.70. The van der Waals surface area contributed by atoms with Gasteiger partial charge in [-0.2, -0.15) is 0 Å². The van der Waals surface area contributed by atoms with Gasteiger partial charge in [-0.3, -0.25) is 9.52 Å². The number of carbonyl (C=O) groups excluding carboxylic acids is 1. The lowest BCUT2D eigenvalue weighted by Gasteiger charge is -2.37. The number of piperazine rings is 1. The number of aliphatic hydroxyl groups excluding tert-OH is 1. The molecular weight excluding hydrogens is 468 g/mol. The topological polar surface area (TPSA) is 116 Å². The third kappa shape index (κ3) is 5.13. The molecule has 34 heavy (non-hydrogen) atoms. The van der Waals surface area contributed by atoms with Crippen LogP contribution < -0.4 is 9.62 Å². The maximum absolute atomic E-state index is 13.4. The zero-order valence-corrected chi connectivity index (χ0v) is 18.6. The van der Waals surface area contributed by atoms with Crippen molar-refractivity contribution >= 4 is 27.4 Å². The Morgan fingerprint density at radius 3 is 2.35 bits per heavy atom. The van der Waals surface area contributed by atoms with E-state index in [1.807, 2.05) is 4.90 Å². The number of aromatic nitrogens is 2. The largest absolute Gasteiger partial charge is 0.378 e. The minimum absolute atomic E-state index is 0. The Labute approximate surface area is 197 Å². The van der Waals surface area contributed by atoms with E-state index in [0.29, 0.717) is 26.2 Å². The van der Waals surface area contributed by atoms with Crippen LogP contribution in [-0.4, -0.2) is 60.5 Å². The number of amides is 1. The number of aliphatic hydroxyl groups is 1. The molecule has 1 aromatic heterocycles. The van der Waals surface area contributed by atoms with E-state index in [0.717, 1.165) is 17.8 Å². The van der Waals surface area contributed by atoms with E-state index < -0.39 is 33.7 Å². The maximum Gasteiger partial charge on any atom is 0.263 e. The Morgan fingerprint density at radius 1 is 1.03 bits per heavy atom. The standard InChI is InChI=1S/C22H21F2N5O4S.2H2/c23-18-6-1-15(13-19(18)24)21(30)22(31)29-11-9-28(10-12-29)16-2-4-17(5-3-16)34(32,33)27-20-7-8-25-14-26-20;;/h1-8,13-14,21,30H,9-12H2,(H,25,26,27);2*1H. The van der Waals surface area contributed by atoms with Crippen molar-refractivity contribution in [1.82, 2.24) is 14.9 Å². The zero-order chi connectivity index (χ0) is 24.3.